The van der Waals surface area contributed by atoms with E-state index in [1.807, 2.05) is 48.7 Å². The van der Waals surface area contributed by atoms with Crippen LogP contribution in [0.15, 0.2) is 47.8 Å². The summed E-state index contributed by atoms with van der Waals surface area (Å²) in [5, 5.41) is 6.10. The number of carbonyl (C=O) groups excluding carboxylic acids is 1. The summed E-state index contributed by atoms with van der Waals surface area (Å²) in [7, 11) is 0. The van der Waals surface area contributed by atoms with Gasteiger partial charge in [0.1, 0.15) is 5.75 Å². The Bertz CT molecular complexity index is 885. The summed E-state index contributed by atoms with van der Waals surface area (Å²) in [5.74, 6) is 0.904. The van der Waals surface area contributed by atoms with Gasteiger partial charge in [-0.15, -0.1) is 11.3 Å². The van der Waals surface area contributed by atoms with Crippen molar-refractivity contribution in [1.29, 1.82) is 0 Å². The van der Waals surface area contributed by atoms with E-state index in [9.17, 15) is 4.79 Å². The van der Waals surface area contributed by atoms with Gasteiger partial charge in [-0.3, -0.25) is 4.79 Å². The minimum Gasteiger partial charge on any atom is -0.493 e. The number of nitrogens with zero attached hydrogens (tertiary/aromatic N) is 1. The molecule has 1 N–H and O–H groups in total. The Labute approximate surface area is 151 Å². The molecular formula is C20H20N2O2S. The highest BCUT2D eigenvalue weighted by molar-refractivity contribution is 7.14. The lowest BCUT2D eigenvalue weighted by Gasteiger charge is -2.09. The molecule has 0 amide bonds. The molecule has 0 fully saturated rings. The molecule has 0 aliphatic heterocycles. The van der Waals surface area contributed by atoms with Gasteiger partial charge in [0.15, 0.2) is 10.9 Å². The van der Waals surface area contributed by atoms with Crippen LogP contribution in [0.25, 0.3) is 11.3 Å². The van der Waals surface area contributed by atoms with Gasteiger partial charge in [-0.1, -0.05) is 11.6 Å². The van der Waals surface area contributed by atoms with Crippen molar-refractivity contribution in [3.05, 3.63) is 59.0 Å². The number of hydrogen-bond donors (Lipinski definition) is 1. The van der Waals surface area contributed by atoms with Crippen molar-refractivity contribution in [3.8, 4) is 17.0 Å². The minimum absolute atomic E-state index is 0.0611. The maximum absolute atomic E-state index is 11.3. The first-order valence-electron chi connectivity index (χ1n) is 8.14. The van der Waals surface area contributed by atoms with Crippen molar-refractivity contribution >= 4 is 27.9 Å². The molecule has 0 bridgehead atoms. The molecule has 0 spiro atoms. The lowest BCUT2D eigenvalue weighted by Crippen LogP contribution is -1.95. The summed E-state index contributed by atoms with van der Waals surface area (Å²) >= 11 is 1.54. The van der Waals surface area contributed by atoms with Gasteiger partial charge >= 0.3 is 0 Å². The quantitative estimate of drug-likeness (QED) is 0.598. The largest absolute Gasteiger partial charge is 0.493 e. The third-order valence-electron chi connectivity index (χ3n) is 3.76. The van der Waals surface area contributed by atoms with E-state index in [2.05, 4.69) is 23.3 Å². The van der Waals surface area contributed by atoms with Gasteiger partial charge in [0.25, 0.3) is 0 Å². The van der Waals surface area contributed by atoms with Crippen LogP contribution in [0.2, 0.25) is 0 Å². The Balaban J connectivity index is 1.83. The summed E-state index contributed by atoms with van der Waals surface area (Å²) < 4.78 is 5.72. The Hall–Kier alpha value is -2.66. The molecule has 0 saturated heterocycles. The van der Waals surface area contributed by atoms with Crippen molar-refractivity contribution in [1.82, 2.24) is 4.98 Å². The van der Waals surface area contributed by atoms with E-state index in [4.69, 9.17) is 4.74 Å². The number of thiazole rings is 1. The van der Waals surface area contributed by atoms with E-state index in [0.29, 0.717) is 12.2 Å². The van der Waals surface area contributed by atoms with Gasteiger partial charge < -0.3 is 10.1 Å². The SMILES string of the molecule is CCOc1ccc(C)cc1-c1csc(Nc2ccc(C(C)=O)cc2)n1. The van der Waals surface area contributed by atoms with Crippen LogP contribution in [0.5, 0.6) is 5.75 Å². The number of ketones is 1. The summed E-state index contributed by atoms with van der Waals surface area (Å²) in [5.41, 5.74) is 4.66. The minimum atomic E-state index is 0.0611. The second-order valence-electron chi connectivity index (χ2n) is 5.73. The summed E-state index contributed by atoms with van der Waals surface area (Å²) in [6, 6.07) is 13.5. The second kappa shape index (κ2) is 7.49. The molecule has 0 aliphatic carbocycles. The zero-order valence-electron chi connectivity index (χ0n) is 14.5. The Morgan fingerprint density at radius 1 is 1.20 bits per heavy atom. The van der Waals surface area contributed by atoms with Crippen LogP contribution >= 0.6 is 11.3 Å². The molecule has 0 atom stereocenters. The van der Waals surface area contributed by atoms with E-state index >= 15 is 0 Å². The number of aromatic nitrogens is 1. The highest BCUT2D eigenvalue weighted by atomic mass is 32.1. The van der Waals surface area contributed by atoms with Gasteiger partial charge in [0, 0.05) is 22.2 Å². The van der Waals surface area contributed by atoms with Gasteiger partial charge in [-0.2, -0.15) is 0 Å². The molecule has 3 aromatic rings. The predicted octanol–water partition coefficient (Wildman–Crippen LogP) is 5.46. The molecule has 0 saturated carbocycles. The Morgan fingerprint density at radius 2 is 1.96 bits per heavy atom. The van der Waals surface area contributed by atoms with Crippen LogP contribution in [0.3, 0.4) is 0 Å². The fourth-order valence-electron chi connectivity index (χ4n) is 2.49. The molecule has 0 radical (unpaired) electrons. The van der Waals surface area contributed by atoms with Crippen molar-refractivity contribution in [2.45, 2.75) is 20.8 Å². The van der Waals surface area contributed by atoms with Gasteiger partial charge in [0.05, 0.1) is 12.3 Å². The van der Waals surface area contributed by atoms with Crippen molar-refractivity contribution < 1.29 is 9.53 Å². The molecule has 1 heterocycles. The average Bonchev–Trinajstić information content (AvgIpc) is 3.05. The number of carbonyl (C=O) groups is 1. The van der Waals surface area contributed by atoms with Crippen LogP contribution in [0.4, 0.5) is 10.8 Å². The Kier molecular flexibility index (Phi) is 5.14. The topological polar surface area (TPSA) is 51.2 Å². The van der Waals surface area contributed by atoms with Gasteiger partial charge in [-0.05, 0) is 57.2 Å². The summed E-state index contributed by atoms with van der Waals surface area (Å²) in [6.07, 6.45) is 0. The first-order valence-corrected chi connectivity index (χ1v) is 9.02. The fourth-order valence-corrected chi connectivity index (χ4v) is 3.22. The normalized spacial score (nSPS) is 10.5. The first-order chi connectivity index (χ1) is 12.1. The molecule has 5 heteroatoms. The lowest BCUT2D eigenvalue weighted by atomic mass is 10.1. The smallest absolute Gasteiger partial charge is 0.187 e. The van der Waals surface area contributed by atoms with E-state index < -0.39 is 0 Å². The molecule has 3 rings (SSSR count). The zero-order valence-corrected chi connectivity index (χ0v) is 15.3. The number of anilines is 2. The number of ether oxygens (including phenoxy) is 1. The van der Waals surface area contributed by atoms with E-state index in [1.54, 1.807) is 6.92 Å². The number of nitrogens with one attached hydrogen (secondary N) is 1. The molecule has 25 heavy (non-hydrogen) atoms. The first kappa shape index (κ1) is 17.2. The van der Waals surface area contributed by atoms with Crippen LogP contribution in [-0.4, -0.2) is 17.4 Å². The molecule has 2 aromatic carbocycles. The summed E-state index contributed by atoms with van der Waals surface area (Å²) in [6.45, 7) is 6.21. The van der Waals surface area contributed by atoms with Crippen LogP contribution in [0, 0.1) is 6.92 Å². The number of benzene rings is 2. The van der Waals surface area contributed by atoms with Gasteiger partial charge in [-0.25, -0.2) is 4.98 Å². The fraction of sp³-hybridized carbons (Fsp3) is 0.200. The van der Waals surface area contributed by atoms with Crippen molar-refractivity contribution in [2.24, 2.45) is 0 Å². The number of hydrogen-bond acceptors (Lipinski definition) is 5. The van der Waals surface area contributed by atoms with E-state index in [-0.39, 0.29) is 5.78 Å². The average molecular weight is 352 g/mol. The van der Waals surface area contributed by atoms with Crippen molar-refractivity contribution in [2.75, 3.05) is 11.9 Å². The molecule has 0 unspecified atom stereocenters. The predicted molar refractivity (Wildman–Crippen MR) is 103 cm³/mol. The second-order valence-corrected chi connectivity index (χ2v) is 6.59. The number of rotatable bonds is 6. The van der Waals surface area contributed by atoms with Gasteiger partial charge in [0.2, 0.25) is 0 Å². The molecular weight excluding hydrogens is 332 g/mol. The molecule has 4 nitrogen and oxygen atoms in total. The van der Waals surface area contributed by atoms with E-state index in [1.165, 1.54) is 16.9 Å². The van der Waals surface area contributed by atoms with Crippen molar-refractivity contribution in [3.63, 3.8) is 0 Å². The van der Waals surface area contributed by atoms with Crippen LogP contribution < -0.4 is 10.1 Å². The maximum Gasteiger partial charge on any atom is 0.187 e. The van der Waals surface area contributed by atoms with Crippen LogP contribution in [-0.2, 0) is 0 Å². The standard InChI is InChI=1S/C20H20N2O2S/c1-4-24-19-10-5-13(2)11-17(19)18-12-25-20(22-18)21-16-8-6-15(7-9-16)14(3)23/h5-12H,4H2,1-3H3,(H,21,22). The zero-order chi connectivity index (χ0) is 17.8. The third kappa shape index (κ3) is 4.06. The lowest BCUT2D eigenvalue weighted by molar-refractivity contribution is 0.101. The third-order valence-corrected chi connectivity index (χ3v) is 4.52. The monoisotopic (exact) mass is 352 g/mol. The molecule has 1 aromatic heterocycles. The van der Waals surface area contributed by atoms with E-state index in [0.717, 1.165) is 27.8 Å². The Morgan fingerprint density at radius 3 is 2.64 bits per heavy atom. The molecule has 128 valence electrons. The highest BCUT2D eigenvalue weighted by Crippen LogP contribution is 2.34. The van der Waals surface area contributed by atoms with Crippen LogP contribution in [0.1, 0.15) is 29.8 Å². The molecule has 0 aliphatic rings. The number of Topliss-reactive ketones (excluding diaryl/α,β-unsaturated/α-hetero) is 1. The summed E-state index contributed by atoms with van der Waals surface area (Å²) in [4.78, 5) is 16.0. The maximum atomic E-state index is 11.3. The highest BCUT2D eigenvalue weighted by Gasteiger charge is 2.11. The number of aryl methyl sites for hydroxylation is 1.